The molecule has 0 bridgehead atoms. The minimum atomic E-state index is -0.346. The van der Waals surface area contributed by atoms with Crippen LogP contribution in [0.3, 0.4) is 0 Å². The first-order valence-electron chi connectivity index (χ1n) is 5.70. The second-order valence-electron chi connectivity index (χ2n) is 4.60. The SMILES string of the molecule is CCOC(C)(C)C(N)Cc1ccc(Cl)c(Cl)c1. The van der Waals surface area contributed by atoms with Crippen molar-refractivity contribution in [1.29, 1.82) is 0 Å². The fraction of sp³-hybridized carbons (Fsp3) is 0.538. The lowest BCUT2D eigenvalue weighted by Crippen LogP contribution is -2.46. The van der Waals surface area contributed by atoms with Gasteiger partial charge in [0.05, 0.1) is 15.6 Å². The highest BCUT2D eigenvalue weighted by molar-refractivity contribution is 6.42. The van der Waals surface area contributed by atoms with E-state index in [0.717, 1.165) is 5.56 Å². The van der Waals surface area contributed by atoms with E-state index < -0.39 is 0 Å². The standard InChI is InChI=1S/C13H19Cl2NO/c1-4-17-13(2,3)12(16)8-9-5-6-10(14)11(15)7-9/h5-7,12H,4,8,16H2,1-3H3. The maximum absolute atomic E-state index is 6.16. The van der Waals surface area contributed by atoms with Gasteiger partial charge in [0.1, 0.15) is 0 Å². The number of nitrogens with two attached hydrogens (primary N) is 1. The largest absolute Gasteiger partial charge is 0.374 e. The molecule has 1 aromatic carbocycles. The molecule has 4 heteroatoms. The molecule has 0 amide bonds. The van der Waals surface area contributed by atoms with Crippen LogP contribution in [0.4, 0.5) is 0 Å². The maximum Gasteiger partial charge on any atom is 0.0779 e. The van der Waals surface area contributed by atoms with Crippen LogP contribution < -0.4 is 5.73 Å². The number of hydrogen-bond donors (Lipinski definition) is 1. The topological polar surface area (TPSA) is 35.2 Å². The van der Waals surface area contributed by atoms with Crippen molar-refractivity contribution in [2.75, 3.05) is 6.61 Å². The third-order valence-electron chi connectivity index (χ3n) is 2.85. The fourth-order valence-electron chi connectivity index (χ4n) is 1.65. The Kier molecular flexibility index (Phi) is 5.26. The van der Waals surface area contributed by atoms with E-state index >= 15 is 0 Å². The van der Waals surface area contributed by atoms with E-state index in [-0.39, 0.29) is 11.6 Å². The van der Waals surface area contributed by atoms with Crippen molar-refractivity contribution >= 4 is 23.2 Å². The lowest BCUT2D eigenvalue weighted by atomic mass is 9.93. The van der Waals surface area contributed by atoms with Crippen LogP contribution in [0.15, 0.2) is 18.2 Å². The Balaban J connectivity index is 2.73. The molecule has 17 heavy (non-hydrogen) atoms. The van der Waals surface area contributed by atoms with Crippen molar-refractivity contribution in [1.82, 2.24) is 0 Å². The predicted molar refractivity (Wildman–Crippen MR) is 73.8 cm³/mol. The summed E-state index contributed by atoms with van der Waals surface area (Å²) in [6.45, 7) is 6.62. The molecule has 0 fully saturated rings. The number of hydrogen-bond acceptors (Lipinski definition) is 2. The van der Waals surface area contributed by atoms with Gasteiger partial charge in [-0.1, -0.05) is 29.3 Å². The van der Waals surface area contributed by atoms with Crippen molar-refractivity contribution in [3.8, 4) is 0 Å². The fourth-order valence-corrected chi connectivity index (χ4v) is 1.97. The van der Waals surface area contributed by atoms with Gasteiger partial charge in [-0.3, -0.25) is 0 Å². The summed E-state index contributed by atoms with van der Waals surface area (Å²) < 4.78 is 5.63. The predicted octanol–water partition coefficient (Wildman–Crippen LogP) is 3.68. The molecular weight excluding hydrogens is 257 g/mol. The molecular formula is C13H19Cl2NO. The van der Waals surface area contributed by atoms with E-state index in [1.54, 1.807) is 6.07 Å². The monoisotopic (exact) mass is 275 g/mol. The summed E-state index contributed by atoms with van der Waals surface area (Å²) in [5.74, 6) is 0. The summed E-state index contributed by atoms with van der Waals surface area (Å²) >= 11 is 11.8. The van der Waals surface area contributed by atoms with Gasteiger partial charge in [-0.05, 0) is 44.9 Å². The Morgan fingerprint density at radius 1 is 1.29 bits per heavy atom. The summed E-state index contributed by atoms with van der Waals surface area (Å²) in [5, 5.41) is 1.12. The summed E-state index contributed by atoms with van der Waals surface area (Å²) in [7, 11) is 0. The zero-order valence-electron chi connectivity index (χ0n) is 10.5. The van der Waals surface area contributed by atoms with Crippen LogP contribution in [0.25, 0.3) is 0 Å². The lowest BCUT2D eigenvalue weighted by molar-refractivity contribution is -0.0288. The third-order valence-corrected chi connectivity index (χ3v) is 3.59. The Morgan fingerprint density at radius 2 is 1.94 bits per heavy atom. The molecule has 0 saturated carbocycles. The van der Waals surface area contributed by atoms with E-state index in [2.05, 4.69) is 0 Å². The molecule has 1 rings (SSSR count). The molecule has 0 aliphatic rings. The third kappa shape index (κ3) is 4.14. The lowest BCUT2D eigenvalue weighted by Gasteiger charge is -2.31. The summed E-state index contributed by atoms with van der Waals surface area (Å²) in [4.78, 5) is 0. The molecule has 0 aromatic heterocycles. The molecule has 0 saturated heterocycles. The zero-order valence-corrected chi connectivity index (χ0v) is 12.0. The number of benzene rings is 1. The number of rotatable bonds is 5. The zero-order chi connectivity index (χ0) is 13.1. The van der Waals surface area contributed by atoms with Crippen LogP contribution in [-0.2, 0) is 11.2 Å². The first-order chi connectivity index (χ1) is 7.86. The number of halogens is 2. The Hall–Kier alpha value is -0.280. The summed E-state index contributed by atoms with van der Waals surface area (Å²) in [5.41, 5.74) is 6.88. The van der Waals surface area contributed by atoms with Crippen molar-refractivity contribution in [2.45, 2.75) is 38.8 Å². The Labute approximate surface area is 113 Å². The van der Waals surface area contributed by atoms with Gasteiger partial charge in [0.15, 0.2) is 0 Å². The average molecular weight is 276 g/mol. The van der Waals surface area contributed by atoms with E-state index in [9.17, 15) is 0 Å². The van der Waals surface area contributed by atoms with Gasteiger partial charge >= 0.3 is 0 Å². The van der Waals surface area contributed by atoms with Crippen LogP contribution in [0.2, 0.25) is 10.0 Å². The molecule has 0 radical (unpaired) electrons. The molecule has 0 heterocycles. The van der Waals surface area contributed by atoms with Gasteiger partial charge in [0, 0.05) is 12.6 Å². The average Bonchev–Trinajstić information content (AvgIpc) is 2.23. The highest BCUT2D eigenvalue weighted by Gasteiger charge is 2.26. The van der Waals surface area contributed by atoms with E-state index in [4.69, 9.17) is 33.7 Å². The van der Waals surface area contributed by atoms with E-state index in [1.807, 2.05) is 32.9 Å². The van der Waals surface area contributed by atoms with Crippen molar-refractivity contribution < 1.29 is 4.74 Å². The minimum Gasteiger partial charge on any atom is -0.374 e. The van der Waals surface area contributed by atoms with Gasteiger partial charge in [-0.15, -0.1) is 0 Å². The quantitative estimate of drug-likeness (QED) is 0.890. The van der Waals surface area contributed by atoms with Crippen molar-refractivity contribution in [3.63, 3.8) is 0 Å². The van der Waals surface area contributed by atoms with Crippen LogP contribution in [0.5, 0.6) is 0 Å². The smallest absolute Gasteiger partial charge is 0.0779 e. The highest BCUT2D eigenvalue weighted by Crippen LogP contribution is 2.24. The second kappa shape index (κ2) is 6.05. The summed E-state index contributed by atoms with van der Waals surface area (Å²) in [6.07, 6.45) is 0.712. The van der Waals surface area contributed by atoms with Crippen LogP contribution in [0.1, 0.15) is 26.3 Å². The minimum absolute atomic E-state index is 0.0836. The normalized spacial score (nSPS) is 13.8. The van der Waals surface area contributed by atoms with Crippen LogP contribution in [0, 0.1) is 0 Å². The molecule has 1 atom stereocenters. The molecule has 2 nitrogen and oxygen atoms in total. The van der Waals surface area contributed by atoms with Crippen molar-refractivity contribution in [3.05, 3.63) is 33.8 Å². The number of ether oxygens (including phenoxy) is 1. The Morgan fingerprint density at radius 3 is 2.47 bits per heavy atom. The first-order valence-corrected chi connectivity index (χ1v) is 6.46. The van der Waals surface area contributed by atoms with Gasteiger partial charge < -0.3 is 10.5 Å². The summed E-state index contributed by atoms with van der Waals surface area (Å²) in [6, 6.07) is 5.50. The van der Waals surface area contributed by atoms with Crippen LogP contribution in [-0.4, -0.2) is 18.2 Å². The highest BCUT2D eigenvalue weighted by atomic mass is 35.5. The van der Waals surface area contributed by atoms with Gasteiger partial charge in [-0.25, -0.2) is 0 Å². The first kappa shape index (κ1) is 14.8. The second-order valence-corrected chi connectivity index (χ2v) is 5.41. The Bertz CT molecular complexity index is 380. The van der Waals surface area contributed by atoms with Crippen LogP contribution >= 0.6 is 23.2 Å². The molecule has 1 unspecified atom stereocenters. The van der Waals surface area contributed by atoms with E-state index in [1.165, 1.54) is 0 Å². The van der Waals surface area contributed by atoms with Gasteiger partial charge in [0.2, 0.25) is 0 Å². The molecule has 0 spiro atoms. The van der Waals surface area contributed by atoms with Gasteiger partial charge in [-0.2, -0.15) is 0 Å². The molecule has 2 N–H and O–H groups in total. The van der Waals surface area contributed by atoms with E-state index in [0.29, 0.717) is 23.1 Å². The molecule has 96 valence electrons. The molecule has 1 aromatic rings. The maximum atomic E-state index is 6.16. The molecule has 0 aliphatic heterocycles. The van der Waals surface area contributed by atoms with Gasteiger partial charge in [0.25, 0.3) is 0 Å². The van der Waals surface area contributed by atoms with Crippen molar-refractivity contribution in [2.24, 2.45) is 5.73 Å². The molecule has 0 aliphatic carbocycles.